The predicted molar refractivity (Wildman–Crippen MR) is 133 cm³/mol. The number of hydrogen-bond acceptors (Lipinski definition) is 6. The minimum atomic E-state index is -1.14. The van der Waals surface area contributed by atoms with Crippen molar-refractivity contribution in [3.63, 3.8) is 0 Å². The van der Waals surface area contributed by atoms with Gasteiger partial charge in [0.25, 0.3) is 11.8 Å². The second-order valence-corrected chi connectivity index (χ2v) is 8.90. The standard InChI is InChI=1S/C25H26ClF2N5O4/c1-4-33(32-10-9-15(34)13-32)25(36)16-6-5-14(11-18(16)26)30-24(35)23-29-12-19(31(23)2)17-7-8-20(37-3)22(28)21(17)27/h5-8,11-12,15,34H,4,9-10,13H2,1-3H3,(H,30,35). The van der Waals surface area contributed by atoms with Gasteiger partial charge in [-0.1, -0.05) is 11.6 Å². The van der Waals surface area contributed by atoms with Crippen LogP contribution in [-0.4, -0.2) is 69.3 Å². The first-order valence-electron chi connectivity index (χ1n) is 11.6. The SMILES string of the molecule is CCN(C(=O)c1ccc(NC(=O)c2ncc(-c3ccc(OC)c(F)c3F)n2C)cc1Cl)N1CCC(O)C1. The number of β-amino-alcohol motifs (C(OH)–C–C–N with tert-alkyl or cyclic N) is 1. The van der Waals surface area contributed by atoms with Gasteiger partial charge in [0.1, 0.15) is 0 Å². The van der Waals surface area contributed by atoms with Gasteiger partial charge in [0, 0.05) is 37.9 Å². The van der Waals surface area contributed by atoms with E-state index in [-0.39, 0.29) is 39.3 Å². The zero-order chi connectivity index (χ0) is 26.9. The zero-order valence-corrected chi connectivity index (χ0v) is 21.2. The number of benzene rings is 2. The van der Waals surface area contributed by atoms with Crippen LogP contribution in [-0.2, 0) is 7.05 Å². The van der Waals surface area contributed by atoms with Gasteiger partial charge in [-0.3, -0.25) is 14.6 Å². The molecular weight excluding hydrogens is 508 g/mol. The topological polar surface area (TPSA) is 99.9 Å². The third-order valence-corrected chi connectivity index (χ3v) is 6.52. The molecule has 12 heteroatoms. The average molecular weight is 534 g/mol. The van der Waals surface area contributed by atoms with Crippen molar-refractivity contribution in [2.45, 2.75) is 19.4 Å². The number of methoxy groups -OCH3 is 1. The maximum absolute atomic E-state index is 14.6. The number of rotatable bonds is 7. The summed E-state index contributed by atoms with van der Waals surface area (Å²) in [6, 6.07) is 7.12. The summed E-state index contributed by atoms with van der Waals surface area (Å²) in [5.41, 5.74) is 0.677. The normalized spacial score (nSPS) is 15.6. The molecule has 1 aliphatic heterocycles. The number of hydrazine groups is 1. The lowest BCUT2D eigenvalue weighted by molar-refractivity contribution is 0.000672. The van der Waals surface area contributed by atoms with Crippen LogP contribution in [0.15, 0.2) is 36.5 Å². The second kappa shape index (κ2) is 10.8. The molecule has 3 aromatic rings. The molecule has 37 heavy (non-hydrogen) atoms. The minimum Gasteiger partial charge on any atom is -0.494 e. The molecule has 2 aromatic carbocycles. The van der Waals surface area contributed by atoms with Crippen LogP contribution in [0.3, 0.4) is 0 Å². The monoisotopic (exact) mass is 533 g/mol. The van der Waals surface area contributed by atoms with Crippen LogP contribution in [0.5, 0.6) is 5.75 Å². The number of aliphatic hydroxyl groups excluding tert-OH is 1. The van der Waals surface area contributed by atoms with E-state index in [9.17, 15) is 23.5 Å². The smallest absolute Gasteiger partial charge is 0.291 e. The Balaban J connectivity index is 1.52. The Hall–Kier alpha value is -3.54. The average Bonchev–Trinajstić information content (AvgIpc) is 3.46. The zero-order valence-electron chi connectivity index (χ0n) is 20.5. The molecule has 1 aliphatic rings. The van der Waals surface area contributed by atoms with Crippen molar-refractivity contribution >= 4 is 29.1 Å². The lowest BCUT2D eigenvalue weighted by atomic mass is 10.1. The Bertz CT molecular complexity index is 1350. The van der Waals surface area contributed by atoms with E-state index in [1.165, 1.54) is 60.3 Å². The van der Waals surface area contributed by atoms with Gasteiger partial charge in [0.2, 0.25) is 5.82 Å². The molecule has 2 N–H and O–H groups in total. The van der Waals surface area contributed by atoms with Crippen LogP contribution < -0.4 is 10.1 Å². The molecule has 0 bridgehead atoms. The van der Waals surface area contributed by atoms with Crippen molar-refractivity contribution in [1.29, 1.82) is 0 Å². The van der Waals surface area contributed by atoms with Gasteiger partial charge in [-0.25, -0.2) is 14.4 Å². The van der Waals surface area contributed by atoms with E-state index >= 15 is 0 Å². The van der Waals surface area contributed by atoms with Gasteiger partial charge < -0.3 is 19.7 Å². The van der Waals surface area contributed by atoms with Crippen molar-refractivity contribution in [3.8, 4) is 17.0 Å². The van der Waals surface area contributed by atoms with Gasteiger partial charge in [0.15, 0.2) is 17.4 Å². The summed E-state index contributed by atoms with van der Waals surface area (Å²) in [4.78, 5) is 30.0. The first-order valence-corrected chi connectivity index (χ1v) is 11.9. The van der Waals surface area contributed by atoms with E-state index < -0.39 is 23.6 Å². The fourth-order valence-corrected chi connectivity index (χ4v) is 4.53. The highest BCUT2D eigenvalue weighted by Gasteiger charge is 2.29. The molecule has 1 unspecified atom stereocenters. The Morgan fingerprint density at radius 2 is 2.03 bits per heavy atom. The number of imidazole rings is 1. The Labute approximate surface area is 217 Å². The first-order chi connectivity index (χ1) is 17.7. The molecule has 2 amide bonds. The summed E-state index contributed by atoms with van der Waals surface area (Å²) < 4.78 is 34.9. The van der Waals surface area contributed by atoms with E-state index in [1.807, 2.05) is 6.92 Å². The summed E-state index contributed by atoms with van der Waals surface area (Å²) in [6.07, 6.45) is 1.36. The summed E-state index contributed by atoms with van der Waals surface area (Å²) in [7, 11) is 2.74. The number of amides is 2. The van der Waals surface area contributed by atoms with Crippen LogP contribution in [0.4, 0.5) is 14.5 Å². The second-order valence-electron chi connectivity index (χ2n) is 8.49. The molecule has 0 radical (unpaired) electrons. The molecule has 196 valence electrons. The van der Waals surface area contributed by atoms with Crippen molar-refractivity contribution in [2.24, 2.45) is 7.05 Å². The number of nitrogens with zero attached hydrogens (tertiary/aromatic N) is 4. The Morgan fingerprint density at radius 1 is 1.27 bits per heavy atom. The molecule has 0 saturated carbocycles. The third-order valence-electron chi connectivity index (χ3n) is 6.21. The van der Waals surface area contributed by atoms with Crippen LogP contribution in [0, 0.1) is 11.6 Å². The van der Waals surface area contributed by atoms with Crippen LogP contribution in [0.1, 0.15) is 34.3 Å². The lowest BCUT2D eigenvalue weighted by Gasteiger charge is -2.31. The largest absolute Gasteiger partial charge is 0.494 e. The highest BCUT2D eigenvalue weighted by Crippen LogP contribution is 2.30. The van der Waals surface area contributed by atoms with E-state index in [4.69, 9.17) is 16.3 Å². The fraction of sp³-hybridized carbons (Fsp3) is 0.320. The molecule has 0 aliphatic carbocycles. The number of aromatic nitrogens is 2. The molecule has 1 saturated heterocycles. The van der Waals surface area contributed by atoms with E-state index in [1.54, 1.807) is 5.01 Å². The van der Waals surface area contributed by atoms with Gasteiger partial charge >= 0.3 is 0 Å². The lowest BCUT2D eigenvalue weighted by Crippen LogP contribution is -2.45. The molecule has 4 rings (SSSR count). The van der Waals surface area contributed by atoms with Crippen LogP contribution in [0.25, 0.3) is 11.3 Å². The third kappa shape index (κ3) is 5.15. The van der Waals surface area contributed by atoms with Crippen molar-refractivity contribution in [2.75, 3.05) is 32.1 Å². The van der Waals surface area contributed by atoms with E-state index in [2.05, 4.69) is 10.3 Å². The summed E-state index contributed by atoms with van der Waals surface area (Å²) >= 11 is 6.39. The quantitative estimate of drug-likeness (QED) is 0.480. The maximum atomic E-state index is 14.6. The van der Waals surface area contributed by atoms with Gasteiger partial charge in [-0.05, 0) is 43.7 Å². The summed E-state index contributed by atoms with van der Waals surface area (Å²) in [6.45, 7) is 3.16. The van der Waals surface area contributed by atoms with Crippen LogP contribution in [0.2, 0.25) is 5.02 Å². The number of hydrogen-bond donors (Lipinski definition) is 2. The van der Waals surface area contributed by atoms with Gasteiger partial charge in [-0.2, -0.15) is 4.39 Å². The first kappa shape index (κ1) is 26.5. The molecule has 1 aromatic heterocycles. The highest BCUT2D eigenvalue weighted by atomic mass is 35.5. The highest BCUT2D eigenvalue weighted by molar-refractivity contribution is 6.34. The summed E-state index contributed by atoms with van der Waals surface area (Å²) in [5, 5.41) is 15.9. The molecule has 1 atom stereocenters. The minimum absolute atomic E-state index is 0.0494. The molecular formula is C25H26ClF2N5O4. The molecule has 2 heterocycles. The fourth-order valence-electron chi connectivity index (χ4n) is 4.27. The number of anilines is 1. The molecule has 0 spiro atoms. The molecule has 9 nitrogen and oxygen atoms in total. The Kier molecular flexibility index (Phi) is 7.76. The number of carbonyl (C=O) groups excluding carboxylic acids is 2. The molecule has 1 fully saturated rings. The Morgan fingerprint density at radius 3 is 2.65 bits per heavy atom. The van der Waals surface area contributed by atoms with E-state index in [0.29, 0.717) is 31.7 Å². The maximum Gasteiger partial charge on any atom is 0.291 e. The van der Waals surface area contributed by atoms with Crippen LogP contribution >= 0.6 is 11.6 Å². The predicted octanol–water partition coefficient (Wildman–Crippen LogP) is 3.72. The van der Waals surface area contributed by atoms with Crippen molar-refractivity contribution in [1.82, 2.24) is 19.6 Å². The van der Waals surface area contributed by atoms with Crippen molar-refractivity contribution < 1.29 is 28.2 Å². The van der Waals surface area contributed by atoms with Crippen molar-refractivity contribution in [3.05, 3.63) is 64.6 Å². The number of carbonyl (C=O) groups is 2. The number of halogens is 3. The van der Waals surface area contributed by atoms with E-state index in [0.717, 1.165) is 0 Å². The summed E-state index contributed by atoms with van der Waals surface area (Å²) in [5.74, 6) is -3.47. The number of aliphatic hydroxyl groups is 1. The van der Waals surface area contributed by atoms with Gasteiger partial charge in [0.05, 0.1) is 35.7 Å². The number of ether oxygens (including phenoxy) is 1. The van der Waals surface area contributed by atoms with Gasteiger partial charge in [-0.15, -0.1) is 0 Å². The number of nitrogens with one attached hydrogen (secondary N) is 1.